The first-order valence-corrected chi connectivity index (χ1v) is 7.18. The number of ether oxygens (including phenoxy) is 1. The summed E-state index contributed by atoms with van der Waals surface area (Å²) in [4.78, 5) is 25.8. The smallest absolute Gasteiger partial charge is 0.325 e. The van der Waals surface area contributed by atoms with Gasteiger partial charge in [0.15, 0.2) is 0 Å². The molecule has 3 saturated heterocycles. The first-order chi connectivity index (χ1) is 9.21. The monoisotopic (exact) mass is 267 g/mol. The first kappa shape index (κ1) is 12.9. The van der Waals surface area contributed by atoms with E-state index in [4.69, 9.17) is 4.74 Å². The van der Waals surface area contributed by atoms with Gasteiger partial charge >= 0.3 is 6.03 Å². The average molecular weight is 267 g/mol. The number of hydrogen-bond donors (Lipinski definition) is 2. The molecule has 3 fully saturated rings. The van der Waals surface area contributed by atoms with E-state index >= 15 is 0 Å². The van der Waals surface area contributed by atoms with Crippen LogP contribution in [0.25, 0.3) is 0 Å². The van der Waals surface area contributed by atoms with E-state index in [1.54, 1.807) is 0 Å². The summed E-state index contributed by atoms with van der Waals surface area (Å²) in [7, 11) is 0. The highest BCUT2D eigenvalue weighted by Gasteiger charge is 2.51. The fourth-order valence-corrected chi connectivity index (χ4v) is 3.22. The van der Waals surface area contributed by atoms with Gasteiger partial charge in [0.2, 0.25) is 0 Å². The van der Waals surface area contributed by atoms with Crippen LogP contribution in [0.15, 0.2) is 0 Å². The van der Waals surface area contributed by atoms with Crippen molar-refractivity contribution < 1.29 is 14.3 Å². The highest BCUT2D eigenvalue weighted by molar-refractivity contribution is 6.07. The minimum Gasteiger partial charge on any atom is -0.378 e. The van der Waals surface area contributed by atoms with Crippen molar-refractivity contribution in [3.05, 3.63) is 0 Å². The Morgan fingerprint density at radius 1 is 1.37 bits per heavy atom. The van der Waals surface area contributed by atoms with Crippen LogP contribution in [0.4, 0.5) is 4.79 Å². The van der Waals surface area contributed by atoms with Crippen LogP contribution in [0.3, 0.4) is 0 Å². The Hall–Kier alpha value is -1.14. The summed E-state index contributed by atoms with van der Waals surface area (Å²) in [6.45, 7) is 2.74. The number of amides is 3. The lowest BCUT2D eigenvalue weighted by Gasteiger charge is -2.31. The van der Waals surface area contributed by atoms with Crippen molar-refractivity contribution in [2.75, 3.05) is 26.2 Å². The standard InChI is InChI=1S/C13H21N3O3/c17-11-13(5-2-6-14-9-13)15-12(18)16(11)7-4-10-3-1-8-19-10/h10,14H,1-9H2,(H,15,18). The highest BCUT2D eigenvalue weighted by Crippen LogP contribution is 2.26. The molecule has 0 saturated carbocycles. The maximum Gasteiger partial charge on any atom is 0.325 e. The van der Waals surface area contributed by atoms with Gasteiger partial charge in [-0.3, -0.25) is 9.69 Å². The molecule has 1 spiro atoms. The zero-order valence-corrected chi connectivity index (χ0v) is 11.1. The van der Waals surface area contributed by atoms with E-state index in [0.29, 0.717) is 13.1 Å². The number of carbonyl (C=O) groups excluding carboxylic acids is 2. The normalized spacial score (nSPS) is 35.2. The van der Waals surface area contributed by atoms with Crippen molar-refractivity contribution in [2.24, 2.45) is 0 Å². The van der Waals surface area contributed by atoms with Gasteiger partial charge in [0, 0.05) is 19.7 Å². The fraction of sp³-hybridized carbons (Fsp3) is 0.846. The predicted octanol–water partition coefficient (Wildman–Crippen LogP) is 0.229. The van der Waals surface area contributed by atoms with E-state index < -0.39 is 5.54 Å². The van der Waals surface area contributed by atoms with Crippen molar-refractivity contribution in [1.29, 1.82) is 0 Å². The average Bonchev–Trinajstić information content (AvgIpc) is 2.99. The second-order valence-corrected chi connectivity index (χ2v) is 5.67. The number of hydrogen-bond acceptors (Lipinski definition) is 4. The molecule has 0 aliphatic carbocycles. The Labute approximate surface area is 112 Å². The van der Waals surface area contributed by atoms with Gasteiger partial charge in [-0.25, -0.2) is 4.79 Å². The van der Waals surface area contributed by atoms with E-state index in [1.165, 1.54) is 4.90 Å². The Kier molecular flexibility index (Phi) is 3.45. The Bertz CT molecular complexity index is 373. The molecule has 3 rings (SSSR count). The van der Waals surface area contributed by atoms with Crippen molar-refractivity contribution in [2.45, 2.75) is 43.7 Å². The second-order valence-electron chi connectivity index (χ2n) is 5.67. The summed E-state index contributed by atoms with van der Waals surface area (Å²) >= 11 is 0. The number of imide groups is 1. The van der Waals surface area contributed by atoms with Gasteiger partial charge < -0.3 is 15.4 Å². The zero-order chi connectivity index (χ0) is 13.3. The van der Waals surface area contributed by atoms with Crippen molar-refractivity contribution in [3.8, 4) is 0 Å². The topological polar surface area (TPSA) is 70.7 Å². The van der Waals surface area contributed by atoms with Crippen LogP contribution < -0.4 is 10.6 Å². The van der Waals surface area contributed by atoms with Crippen LogP contribution in [0.2, 0.25) is 0 Å². The highest BCUT2D eigenvalue weighted by atomic mass is 16.5. The second kappa shape index (κ2) is 5.09. The van der Waals surface area contributed by atoms with E-state index in [0.717, 1.165) is 45.3 Å². The van der Waals surface area contributed by atoms with Gasteiger partial charge in [-0.05, 0) is 38.6 Å². The van der Waals surface area contributed by atoms with Gasteiger partial charge in [0.1, 0.15) is 5.54 Å². The molecule has 106 valence electrons. The number of carbonyl (C=O) groups is 2. The number of piperidine rings is 1. The summed E-state index contributed by atoms with van der Waals surface area (Å²) in [5, 5.41) is 6.08. The zero-order valence-electron chi connectivity index (χ0n) is 11.1. The molecule has 0 aromatic rings. The summed E-state index contributed by atoms with van der Waals surface area (Å²) in [5.74, 6) is -0.0669. The molecule has 3 heterocycles. The third kappa shape index (κ3) is 2.34. The lowest BCUT2D eigenvalue weighted by Crippen LogP contribution is -2.57. The van der Waals surface area contributed by atoms with Gasteiger partial charge in [-0.2, -0.15) is 0 Å². The third-order valence-corrected chi connectivity index (χ3v) is 4.33. The Balaban J connectivity index is 1.61. The molecule has 6 nitrogen and oxygen atoms in total. The first-order valence-electron chi connectivity index (χ1n) is 7.18. The molecule has 3 aliphatic rings. The molecule has 0 aromatic carbocycles. The number of nitrogens with one attached hydrogen (secondary N) is 2. The predicted molar refractivity (Wildman–Crippen MR) is 68.7 cm³/mol. The number of rotatable bonds is 3. The number of nitrogens with zero attached hydrogens (tertiary/aromatic N) is 1. The van der Waals surface area contributed by atoms with Gasteiger partial charge in [0.05, 0.1) is 6.10 Å². The molecule has 2 N–H and O–H groups in total. The molecule has 6 heteroatoms. The van der Waals surface area contributed by atoms with E-state index in [1.807, 2.05) is 0 Å². The Morgan fingerprint density at radius 2 is 2.26 bits per heavy atom. The van der Waals surface area contributed by atoms with Crippen molar-refractivity contribution >= 4 is 11.9 Å². The minimum absolute atomic E-state index is 0.0669. The van der Waals surface area contributed by atoms with Crippen LogP contribution >= 0.6 is 0 Å². The molecule has 3 aliphatic heterocycles. The lowest BCUT2D eigenvalue weighted by atomic mass is 9.90. The Morgan fingerprint density at radius 3 is 2.95 bits per heavy atom. The molecule has 2 unspecified atom stereocenters. The van der Waals surface area contributed by atoms with Crippen molar-refractivity contribution in [3.63, 3.8) is 0 Å². The summed E-state index contributed by atoms with van der Waals surface area (Å²) in [5.41, 5.74) is -0.689. The van der Waals surface area contributed by atoms with E-state index in [2.05, 4.69) is 10.6 Å². The van der Waals surface area contributed by atoms with Crippen LogP contribution in [-0.4, -0.2) is 54.7 Å². The molecule has 2 atom stereocenters. The molecule has 19 heavy (non-hydrogen) atoms. The fourth-order valence-electron chi connectivity index (χ4n) is 3.22. The quantitative estimate of drug-likeness (QED) is 0.718. The third-order valence-electron chi connectivity index (χ3n) is 4.33. The molecular formula is C13H21N3O3. The van der Waals surface area contributed by atoms with Crippen LogP contribution in [0.5, 0.6) is 0 Å². The summed E-state index contributed by atoms with van der Waals surface area (Å²) in [6.07, 6.45) is 4.74. The summed E-state index contributed by atoms with van der Waals surface area (Å²) in [6, 6.07) is -0.244. The molecular weight excluding hydrogens is 246 g/mol. The van der Waals surface area contributed by atoms with Crippen LogP contribution in [0.1, 0.15) is 32.1 Å². The van der Waals surface area contributed by atoms with Crippen LogP contribution in [-0.2, 0) is 9.53 Å². The lowest BCUT2D eigenvalue weighted by molar-refractivity contribution is -0.132. The van der Waals surface area contributed by atoms with Crippen molar-refractivity contribution in [1.82, 2.24) is 15.5 Å². The maximum absolute atomic E-state index is 12.5. The maximum atomic E-state index is 12.5. The number of urea groups is 1. The van der Waals surface area contributed by atoms with E-state index in [-0.39, 0.29) is 18.0 Å². The molecule has 0 aromatic heterocycles. The SMILES string of the molecule is O=C1NC2(CCCNC2)C(=O)N1CCC1CCCO1. The molecule has 3 amide bonds. The molecule has 0 radical (unpaired) electrons. The molecule has 0 bridgehead atoms. The van der Waals surface area contributed by atoms with Gasteiger partial charge in [-0.15, -0.1) is 0 Å². The van der Waals surface area contributed by atoms with Gasteiger partial charge in [-0.1, -0.05) is 0 Å². The largest absolute Gasteiger partial charge is 0.378 e. The minimum atomic E-state index is -0.689. The van der Waals surface area contributed by atoms with E-state index in [9.17, 15) is 9.59 Å². The summed E-state index contributed by atoms with van der Waals surface area (Å²) < 4.78 is 5.54. The van der Waals surface area contributed by atoms with Gasteiger partial charge in [0.25, 0.3) is 5.91 Å². The van der Waals surface area contributed by atoms with Crippen LogP contribution in [0, 0.1) is 0 Å².